The normalized spacial score (nSPS) is 14.0. The van der Waals surface area contributed by atoms with Crippen molar-refractivity contribution in [2.45, 2.75) is 38.3 Å². The Morgan fingerprint density at radius 3 is 2.57 bits per heavy atom. The van der Waals surface area contributed by atoms with E-state index in [1.54, 1.807) is 20.1 Å². The number of amides is 2. The third-order valence-corrected chi connectivity index (χ3v) is 4.99. The number of aromatic nitrogens is 1. The molecular formula is C21H24F3N3O3. The van der Waals surface area contributed by atoms with Crippen LogP contribution < -0.4 is 10.6 Å². The number of alkyl halides is 3. The predicted molar refractivity (Wildman–Crippen MR) is 105 cm³/mol. The van der Waals surface area contributed by atoms with E-state index in [9.17, 15) is 22.8 Å². The summed E-state index contributed by atoms with van der Waals surface area (Å²) in [6.07, 6.45) is -2.20. The van der Waals surface area contributed by atoms with Gasteiger partial charge in [-0.05, 0) is 61.4 Å². The van der Waals surface area contributed by atoms with Crippen molar-refractivity contribution in [3.05, 3.63) is 40.6 Å². The van der Waals surface area contributed by atoms with E-state index in [4.69, 9.17) is 4.74 Å². The Morgan fingerprint density at radius 1 is 1.20 bits per heavy atom. The molecule has 0 unspecified atom stereocenters. The average Bonchev–Trinajstić information content (AvgIpc) is 3.53. The zero-order chi connectivity index (χ0) is 21.9. The Morgan fingerprint density at radius 2 is 1.93 bits per heavy atom. The molecule has 1 aliphatic rings. The SMILES string of the molecule is COCCCNC(=O)CNC(=O)c1cc(C)c2cc(C3CC3)cc(C(F)(F)F)c2n1. The Kier molecular flexibility index (Phi) is 6.60. The van der Waals surface area contributed by atoms with Gasteiger partial charge in [-0.15, -0.1) is 0 Å². The van der Waals surface area contributed by atoms with Gasteiger partial charge in [0.2, 0.25) is 5.91 Å². The van der Waals surface area contributed by atoms with Gasteiger partial charge in [0.1, 0.15) is 5.69 Å². The van der Waals surface area contributed by atoms with E-state index in [2.05, 4.69) is 15.6 Å². The van der Waals surface area contributed by atoms with Gasteiger partial charge < -0.3 is 15.4 Å². The number of ether oxygens (including phenoxy) is 1. The second kappa shape index (κ2) is 8.99. The van der Waals surface area contributed by atoms with E-state index < -0.39 is 23.6 Å². The minimum Gasteiger partial charge on any atom is -0.385 e. The maximum Gasteiger partial charge on any atom is 0.418 e. The maximum absolute atomic E-state index is 13.7. The van der Waals surface area contributed by atoms with Crippen molar-refractivity contribution in [1.82, 2.24) is 15.6 Å². The highest BCUT2D eigenvalue weighted by Gasteiger charge is 2.36. The molecule has 0 bridgehead atoms. The number of hydrogen-bond acceptors (Lipinski definition) is 4. The van der Waals surface area contributed by atoms with Crippen LogP contribution in [0.25, 0.3) is 10.9 Å². The number of pyridine rings is 1. The minimum absolute atomic E-state index is 0.153. The van der Waals surface area contributed by atoms with Gasteiger partial charge in [-0.25, -0.2) is 4.98 Å². The zero-order valence-electron chi connectivity index (χ0n) is 16.9. The van der Waals surface area contributed by atoms with Crippen molar-refractivity contribution in [2.75, 3.05) is 26.8 Å². The van der Waals surface area contributed by atoms with E-state index in [-0.39, 0.29) is 23.7 Å². The van der Waals surface area contributed by atoms with E-state index in [1.807, 2.05) is 0 Å². The fourth-order valence-corrected chi connectivity index (χ4v) is 3.26. The molecule has 1 aromatic carbocycles. The fraction of sp³-hybridized carbons (Fsp3) is 0.476. The van der Waals surface area contributed by atoms with E-state index in [1.165, 1.54) is 6.07 Å². The van der Waals surface area contributed by atoms with Gasteiger partial charge in [0, 0.05) is 25.6 Å². The number of rotatable bonds is 8. The summed E-state index contributed by atoms with van der Waals surface area (Å²) in [7, 11) is 1.55. The number of fused-ring (bicyclic) bond motifs is 1. The number of hydrogen-bond donors (Lipinski definition) is 2. The van der Waals surface area contributed by atoms with Gasteiger partial charge >= 0.3 is 6.18 Å². The van der Waals surface area contributed by atoms with Crippen LogP contribution in [0.3, 0.4) is 0 Å². The molecule has 1 heterocycles. The van der Waals surface area contributed by atoms with Crippen LogP contribution in [-0.2, 0) is 15.7 Å². The number of benzene rings is 1. The lowest BCUT2D eigenvalue weighted by Gasteiger charge is -2.15. The van der Waals surface area contributed by atoms with Crippen LogP contribution in [-0.4, -0.2) is 43.6 Å². The molecule has 1 fully saturated rings. The zero-order valence-corrected chi connectivity index (χ0v) is 16.9. The molecule has 2 amide bonds. The Labute approximate surface area is 172 Å². The highest BCUT2D eigenvalue weighted by Crippen LogP contribution is 2.44. The van der Waals surface area contributed by atoms with Crippen LogP contribution in [0.2, 0.25) is 0 Å². The molecule has 162 valence electrons. The Hall–Kier alpha value is -2.68. The summed E-state index contributed by atoms with van der Waals surface area (Å²) in [6.45, 7) is 2.25. The maximum atomic E-state index is 13.7. The molecule has 0 aliphatic heterocycles. The van der Waals surface area contributed by atoms with Crippen LogP contribution in [0, 0.1) is 6.92 Å². The molecule has 9 heteroatoms. The van der Waals surface area contributed by atoms with Crippen molar-refractivity contribution in [3.8, 4) is 0 Å². The topological polar surface area (TPSA) is 80.3 Å². The largest absolute Gasteiger partial charge is 0.418 e. The quantitative estimate of drug-likeness (QED) is 0.639. The molecule has 1 aromatic heterocycles. The van der Waals surface area contributed by atoms with Crippen LogP contribution >= 0.6 is 0 Å². The molecule has 0 atom stereocenters. The first kappa shape index (κ1) is 22.0. The van der Waals surface area contributed by atoms with Crippen LogP contribution in [0.5, 0.6) is 0 Å². The van der Waals surface area contributed by atoms with Crippen molar-refractivity contribution >= 4 is 22.7 Å². The van der Waals surface area contributed by atoms with E-state index in [0.717, 1.165) is 18.9 Å². The van der Waals surface area contributed by atoms with Crippen molar-refractivity contribution in [1.29, 1.82) is 0 Å². The van der Waals surface area contributed by atoms with Gasteiger partial charge in [0.15, 0.2) is 0 Å². The van der Waals surface area contributed by atoms with Crippen molar-refractivity contribution in [3.63, 3.8) is 0 Å². The fourth-order valence-electron chi connectivity index (χ4n) is 3.26. The molecule has 2 N–H and O–H groups in total. The molecule has 2 aromatic rings. The highest BCUT2D eigenvalue weighted by molar-refractivity contribution is 5.98. The molecule has 1 saturated carbocycles. The molecule has 0 spiro atoms. The molecule has 3 rings (SSSR count). The first-order valence-corrected chi connectivity index (χ1v) is 9.77. The monoisotopic (exact) mass is 423 g/mol. The molecule has 0 radical (unpaired) electrons. The lowest BCUT2D eigenvalue weighted by Crippen LogP contribution is -2.37. The average molecular weight is 423 g/mol. The van der Waals surface area contributed by atoms with Crippen LogP contribution in [0.15, 0.2) is 18.2 Å². The van der Waals surface area contributed by atoms with Gasteiger partial charge in [-0.3, -0.25) is 9.59 Å². The smallest absolute Gasteiger partial charge is 0.385 e. The molecule has 6 nitrogen and oxygen atoms in total. The lowest BCUT2D eigenvalue weighted by molar-refractivity contribution is -0.136. The number of carbonyl (C=O) groups excluding carboxylic acids is 2. The summed E-state index contributed by atoms with van der Waals surface area (Å²) >= 11 is 0. The first-order valence-electron chi connectivity index (χ1n) is 9.77. The Bertz CT molecular complexity index is 956. The second-order valence-corrected chi connectivity index (χ2v) is 7.44. The summed E-state index contributed by atoms with van der Waals surface area (Å²) in [4.78, 5) is 28.2. The van der Waals surface area contributed by atoms with Gasteiger partial charge in [-0.2, -0.15) is 13.2 Å². The number of carbonyl (C=O) groups is 2. The number of nitrogens with zero attached hydrogens (tertiary/aromatic N) is 1. The van der Waals surface area contributed by atoms with E-state index in [0.29, 0.717) is 36.1 Å². The number of methoxy groups -OCH3 is 1. The molecule has 0 saturated heterocycles. The summed E-state index contributed by atoms with van der Waals surface area (Å²) in [5.41, 5.74) is -0.0577. The van der Waals surface area contributed by atoms with E-state index >= 15 is 0 Å². The third kappa shape index (κ3) is 5.27. The number of nitrogens with one attached hydrogen (secondary N) is 2. The third-order valence-electron chi connectivity index (χ3n) is 4.99. The molecule has 1 aliphatic carbocycles. The van der Waals surface area contributed by atoms with Crippen molar-refractivity contribution in [2.24, 2.45) is 0 Å². The Balaban J connectivity index is 1.80. The van der Waals surface area contributed by atoms with Crippen LogP contribution in [0.4, 0.5) is 13.2 Å². The predicted octanol–water partition coefficient (Wildman–Crippen LogP) is 3.32. The summed E-state index contributed by atoms with van der Waals surface area (Å²) in [5, 5.41) is 5.41. The summed E-state index contributed by atoms with van der Waals surface area (Å²) in [6, 6.07) is 4.33. The lowest BCUT2D eigenvalue weighted by atomic mass is 9.98. The molecular weight excluding hydrogens is 399 g/mol. The summed E-state index contributed by atoms with van der Waals surface area (Å²) in [5.74, 6) is -0.950. The number of aryl methyl sites for hydroxylation is 1. The molecule has 30 heavy (non-hydrogen) atoms. The van der Waals surface area contributed by atoms with Gasteiger partial charge in [0.05, 0.1) is 17.6 Å². The summed E-state index contributed by atoms with van der Waals surface area (Å²) < 4.78 is 45.9. The van der Waals surface area contributed by atoms with Gasteiger partial charge in [0.25, 0.3) is 5.91 Å². The van der Waals surface area contributed by atoms with Gasteiger partial charge in [-0.1, -0.05) is 0 Å². The second-order valence-electron chi connectivity index (χ2n) is 7.44. The highest BCUT2D eigenvalue weighted by atomic mass is 19.4. The standard InChI is InChI=1S/C21H24F3N3O3/c1-12-8-17(20(29)26-11-18(28)25-6-3-7-30-2)27-19-15(12)9-14(13-4-5-13)10-16(19)21(22,23)24/h8-10,13H,3-7,11H2,1-2H3,(H,25,28)(H,26,29). The first-order chi connectivity index (χ1) is 14.2. The number of halogens is 3. The van der Waals surface area contributed by atoms with Crippen LogP contribution in [0.1, 0.15) is 52.4 Å². The minimum atomic E-state index is -4.58. The van der Waals surface area contributed by atoms with Crippen molar-refractivity contribution < 1.29 is 27.5 Å².